The summed E-state index contributed by atoms with van der Waals surface area (Å²) >= 11 is 0. The first kappa shape index (κ1) is 14.1. The number of ketones is 1. The molecule has 1 aliphatic carbocycles. The molecule has 4 nitrogen and oxygen atoms in total. The van der Waals surface area contributed by atoms with Crippen LogP contribution in [0.4, 0.5) is 0 Å². The Hall–Kier alpha value is -1.84. The minimum Gasteiger partial charge on any atom is -0.494 e. The van der Waals surface area contributed by atoms with Crippen LogP contribution in [0.15, 0.2) is 30.3 Å². The number of ether oxygens (including phenoxy) is 1. The molecule has 0 aromatic heterocycles. The summed E-state index contributed by atoms with van der Waals surface area (Å²) < 4.78 is 5.81. The van der Waals surface area contributed by atoms with Crippen LogP contribution in [0.5, 0.6) is 5.75 Å². The molecule has 1 aliphatic heterocycles. The Kier molecular flexibility index (Phi) is 3.95. The van der Waals surface area contributed by atoms with Gasteiger partial charge in [0, 0.05) is 25.3 Å². The highest BCUT2D eigenvalue weighted by molar-refractivity contribution is 5.83. The summed E-state index contributed by atoms with van der Waals surface area (Å²) in [5, 5.41) is 3.02. The van der Waals surface area contributed by atoms with Gasteiger partial charge in [-0.3, -0.25) is 9.59 Å². The van der Waals surface area contributed by atoms with Gasteiger partial charge in [-0.15, -0.1) is 0 Å². The SMILES string of the molecule is O=C1CC[C@@]2(CCOc3ccccc3)CCC(=O)N[C@@H]2C1. The molecule has 4 heteroatoms. The molecule has 1 aromatic carbocycles. The zero-order chi connectivity index (χ0) is 14.7. The number of Topliss-reactive ketones (excluding diaryl/α,β-unsaturated/α-hetero) is 1. The highest BCUT2D eigenvalue weighted by Crippen LogP contribution is 2.44. The third-order valence-electron chi connectivity index (χ3n) is 4.87. The number of benzene rings is 1. The van der Waals surface area contributed by atoms with Crippen LogP contribution in [0.2, 0.25) is 0 Å². The van der Waals surface area contributed by atoms with Crippen molar-refractivity contribution in [1.82, 2.24) is 5.32 Å². The average molecular weight is 287 g/mol. The Morgan fingerprint density at radius 2 is 1.90 bits per heavy atom. The van der Waals surface area contributed by atoms with E-state index in [0.29, 0.717) is 25.9 Å². The van der Waals surface area contributed by atoms with Gasteiger partial charge in [-0.05, 0) is 36.8 Å². The van der Waals surface area contributed by atoms with Crippen molar-refractivity contribution in [3.8, 4) is 5.75 Å². The summed E-state index contributed by atoms with van der Waals surface area (Å²) in [6, 6.07) is 9.77. The van der Waals surface area contributed by atoms with Crippen molar-refractivity contribution in [3.63, 3.8) is 0 Å². The molecule has 0 unspecified atom stereocenters. The van der Waals surface area contributed by atoms with Crippen LogP contribution in [0.25, 0.3) is 0 Å². The molecule has 3 rings (SSSR count). The number of amides is 1. The standard InChI is InChI=1S/C17H21NO3/c19-13-6-8-17(9-7-16(20)18-15(17)12-13)10-11-21-14-4-2-1-3-5-14/h1-5,15H,6-12H2,(H,18,20)/t15-,17+/m1/s1. The lowest BCUT2D eigenvalue weighted by Gasteiger charge is -2.47. The van der Waals surface area contributed by atoms with Crippen LogP contribution in [0.1, 0.15) is 38.5 Å². The maximum atomic E-state index is 11.7. The Morgan fingerprint density at radius 3 is 2.71 bits per heavy atom. The lowest BCUT2D eigenvalue weighted by Crippen LogP contribution is -2.55. The molecule has 1 aromatic rings. The van der Waals surface area contributed by atoms with Gasteiger partial charge in [0.15, 0.2) is 0 Å². The number of para-hydroxylation sites is 1. The lowest BCUT2D eigenvalue weighted by molar-refractivity contribution is -0.132. The molecule has 2 aliphatic rings. The Balaban J connectivity index is 1.63. The molecule has 1 saturated carbocycles. The van der Waals surface area contributed by atoms with E-state index in [1.54, 1.807) is 0 Å². The number of hydrogen-bond acceptors (Lipinski definition) is 3. The normalized spacial score (nSPS) is 28.7. The molecule has 112 valence electrons. The Bertz CT molecular complexity index is 504. The van der Waals surface area contributed by atoms with Gasteiger partial charge >= 0.3 is 0 Å². The summed E-state index contributed by atoms with van der Waals surface area (Å²) in [6.07, 6.45) is 4.31. The van der Waals surface area contributed by atoms with E-state index >= 15 is 0 Å². The first-order chi connectivity index (χ1) is 10.2. The molecule has 1 saturated heterocycles. The number of carbonyl (C=O) groups excluding carboxylic acids is 2. The van der Waals surface area contributed by atoms with Crippen molar-refractivity contribution in [2.24, 2.45) is 5.41 Å². The number of rotatable bonds is 4. The first-order valence-electron chi connectivity index (χ1n) is 7.67. The number of hydrogen-bond donors (Lipinski definition) is 1. The van der Waals surface area contributed by atoms with Gasteiger partial charge in [0.2, 0.25) is 5.91 Å². The fourth-order valence-corrected chi connectivity index (χ4v) is 3.55. The third-order valence-corrected chi connectivity index (χ3v) is 4.87. The fraction of sp³-hybridized carbons (Fsp3) is 0.529. The second-order valence-electron chi connectivity index (χ2n) is 6.14. The van der Waals surface area contributed by atoms with Crippen molar-refractivity contribution in [2.75, 3.05) is 6.61 Å². The number of fused-ring (bicyclic) bond motifs is 1. The lowest BCUT2D eigenvalue weighted by atomic mass is 9.64. The molecule has 1 heterocycles. The van der Waals surface area contributed by atoms with Gasteiger partial charge in [-0.1, -0.05) is 18.2 Å². The van der Waals surface area contributed by atoms with Crippen LogP contribution in [0.3, 0.4) is 0 Å². The zero-order valence-corrected chi connectivity index (χ0v) is 12.1. The van der Waals surface area contributed by atoms with E-state index in [2.05, 4.69) is 5.32 Å². The van der Waals surface area contributed by atoms with Crippen molar-refractivity contribution in [1.29, 1.82) is 0 Å². The summed E-state index contributed by atoms with van der Waals surface area (Å²) in [5.41, 5.74) is 0.0383. The van der Waals surface area contributed by atoms with Crippen LogP contribution in [-0.4, -0.2) is 24.3 Å². The van der Waals surface area contributed by atoms with Crippen molar-refractivity contribution in [2.45, 2.75) is 44.6 Å². The zero-order valence-electron chi connectivity index (χ0n) is 12.1. The highest BCUT2D eigenvalue weighted by atomic mass is 16.5. The van der Waals surface area contributed by atoms with Gasteiger partial charge in [0.1, 0.15) is 11.5 Å². The minimum absolute atomic E-state index is 0.000580. The molecule has 0 radical (unpaired) electrons. The van der Waals surface area contributed by atoms with Gasteiger partial charge in [-0.2, -0.15) is 0 Å². The summed E-state index contributed by atoms with van der Waals surface area (Å²) in [4.78, 5) is 23.3. The molecule has 0 bridgehead atoms. The predicted octanol–water partition coefficient (Wildman–Crippen LogP) is 2.47. The summed E-state index contributed by atoms with van der Waals surface area (Å²) in [6.45, 7) is 0.630. The van der Waals surface area contributed by atoms with Crippen LogP contribution >= 0.6 is 0 Å². The second-order valence-corrected chi connectivity index (χ2v) is 6.14. The van der Waals surface area contributed by atoms with Crippen molar-refractivity contribution in [3.05, 3.63) is 30.3 Å². The van der Waals surface area contributed by atoms with Gasteiger partial charge < -0.3 is 10.1 Å². The van der Waals surface area contributed by atoms with E-state index in [4.69, 9.17) is 4.74 Å². The first-order valence-corrected chi connectivity index (χ1v) is 7.67. The molecule has 21 heavy (non-hydrogen) atoms. The average Bonchev–Trinajstić information content (AvgIpc) is 2.49. The van der Waals surface area contributed by atoms with Gasteiger partial charge in [0.05, 0.1) is 6.61 Å². The van der Waals surface area contributed by atoms with E-state index in [9.17, 15) is 9.59 Å². The number of nitrogens with one attached hydrogen (secondary N) is 1. The van der Waals surface area contributed by atoms with Crippen molar-refractivity contribution >= 4 is 11.7 Å². The molecule has 0 spiro atoms. The van der Waals surface area contributed by atoms with Gasteiger partial charge in [-0.25, -0.2) is 0 Å². The predicted molar refractivity (Wildman–Crippen MR) is 79.0 cm³/mol. The Morgan fingerprint density at radius 1 is 1.14 bits per heavy atom. The smallest absolute Gasteiger partial charge is 0.220 e. The quantitative estimate of drug-likeness (QED) is 0.925. The van der Waals surface area contributed by atoms with Crippen LogP contribution in [0, 0.1) is 5.41 Å². The van der Waals surface area contributed by atoms with Gasteiger partial charge in [0.25, 0.3) is 0 Å². The van der Waals surface area contributed by atoms with E-state index in [1.165, 1.54) is 0 Å². The molecule has 1 N–H and O–H groups in total. The second kappa shape index (κ2) is 5.88. The van der Waals surface area contributed by atoms with Crippen molar-refractivity contribution < 1.29 is 14.3 Å². The van der Waals surface area contributed by atoms with E-state index in [0.717, 1.165) is 25.0 Å². The Labute approximate surface area is 124 Å². The minimum atomic E-state index is -0.000580. The fourth-order valence-electron chi connectivity index (χ4n) is 3.55. The molecular formula is C17H21NO3. The maximum Gasteiger partial charge on any atom is 0.220 e. The molecule has 2 fully saturated rings. The summed E-state index contributed by atoms with van der Waals surface area (Å²) in [7, 11) is 0. The van der Waals surface area contributed by atoms with Crippen LogP contribution in [-0.2, 0) is 9.59 Å². The maximum absolute atomic E-state index is 11.7. The number of piperidine rings is 1. The molecule has 1 amide bonds. The van der Waals surface area contributed by atoms with E-state index < -0.39 is 0 Å². The van der Waals surface area contributed by atoms with E-state index in [1.807, 2.05) is 30.3 Å². The molecular weight excluding hydrogens is 266 g/mol. The third kappa shape index (κ3) is 3.09. The number of carbonyl (C=O) groups is 2. The largest absolute Gasteiger partial charge is 0.494 e. The van der Waals surface area contributed by atoms with E-state index in [-0.39, 0.29) is 23.1 Å². The monoisotopic (exact) mass is 287 g/mol. The molecule has 2 atom stereocenters. The van der Waals surface area contributed by atoms with Crippen LogP contribution < -0.4 is 10.1 Å². The summed E-state index contributed by atoms with van der Waals surface area (Å²) in [5.74, 6) is 1.22. The highest BCUT2D eigenvalue weighted by Gasteiger charge is 2.46. The topological polar surface area (TPSA) is 55.4 Å².